The number of ether oxygens (including phenoxy) is 1. The molecule has 6 nitrogen and oxygen atoms in total. The number of benzene rings is 2. The molecule has 4 N–H and O–H groups in total. The van der Waals surface area contributed by atoms with E-state index in [1.54, 1.807) is 41.4 Å². The molecule has 1 amide bonds. The van der Waals surface area contributed by atoms with Crippen LogP contribution < -0.4 is 16.2 Å². The number of hydrogen-bond donors (Lipinski definition) is 2. The number of hydrogen-bond acceptors (Lipinski definition) is 5. The van der Waals surface area contributed by atoms with Gasteiger partial charge in [-0.15, -0.1) is 0 Å². The molecule has 1 aliphatic rings. The zero-order chi connectivity index (χ0) is 22.8. The van der Waals surface area contributed by atoms with Crippen LogP contribution in [0.3, 0.4) is 0 Å². The van der Waals surface area contributed by atoms with Gasteiger partial charge in [0.2, 0.25) is 0 Å². The molecule has 0 spiro atoms. The van der Waals surface area contributed by atoms with Gasteiger partial charge in [0.05, 0.1) is 0 Å². The molecule has 1 aliphatic heterocycles. The average molecular weight is 471 g/mol. The lowest BCUT2D eigenvalue weighted by Gasteiger charge is -2.19. The molecule has 166 valence electrons. The molecule has 1 fully saturated rings. The number of carbonyl (C=O) groups excluding carboxylic acids is 1. The normalized spacial score (nSPS) is 16.8. The van der Waals surface area contributed by atoms with Crippen LogP contribution in [0.4, 0.5) is 5.82 Å². The van der Waals surface area contributed by atoms with Crippen molar-refractivity contribution in [2.45, 2.75) is 25.5 Å². The van der Waals surface area contributed by atoms with Gasteiger partial charge in [-0.25, -0.2) is 4.98 Å². The molecule has 2 heterocycles. The van der Waals surface area contributed by atoms with Crippen molar-refractivity contribution in [1.29, 1.82) is 0 Å². The van der Waals surface area contributed by atoms with Crippen LogP contribution >= 0.6 is 23.2 Å². The second-order valence-electron chi connectivity index (χ2n) is 7.88. The Balaban J connectivity index is 1.60. The summed E-state index contributed by atoms with van der Waals surface area (Å²) in [5.41, 5.74) is 14.9. The number of rotatable bonds is 5. The summed E-state index contributed by atoms with van der Waals surface area (Å²) in [6, 6.07) is 14.6. The van der Waals surface area contributed by atoms with E-state index in [4.69, 9.17) is 39.4 Å². The molecule has 0 bridgehead atoms. The van der Waals surface area contributed by atoms with Gasteiger partial charge in [0.1, 0.15) is 6.10 Å². The van der Waals surface area contributed by atoms with Crippen LogP contribution in [0.1, 0.15) is 35.4 Å². The first-order valence-electron chi connectivity index (χ1n) is 10.3. The summed E-state index contributed by atoms with van der Waals surface area (Å²) >= 11 is 12.6. The van der Waals surface area contributed by atoms with Gasteiger partial charge in [-0.2, -0.15) is 0 Å². The summed E-state index contributed by atoms with van der Waals surface area (Å²) in [7, 11) is 0. The Morgan fingerprint density at radius 1 is 1.16 bits per heavy atom. The Kier molecular flexibility index (Phi) is 6.55. The Morgan fingerprint density at radius 3 is 2.56 bits per heavy atom. The second-order valence-corrected chi connectivity index (χ2v) is 8.70. The van der Waals surface area contributed by atoms with Crippen molar-refractivity contribution in [3.8, 4) is 16.9 Å². The minimum Gasteiger partial charge on any atom is -0.482 e. The largest absolute Gasteiger partial charge is 0.482 e. The molecule has 0 saturated carbocycles. The zero-order valence-electron chi connectivity index (χ0n) is 17.6. The highest BCUT2D eigenvalue weighted by Crippen LogP contribution is 2.36. The summed E-state index contributed by atoms with van der Waals surface area (Å²) in [5, 5.41) is 1.03. The molecular formula is C24H24Cl2N4O2. The SMILES string of the molecule is CC(Oc1cc(-c2cccc(C(=O)N3CCC(N)C3)c2)cnc1N)c1c(Cl)cccc1Cl. The average Bonchev–Trinajstić information content (AvgIpc) is 3.21. The predicted octanol–water partition coefficient (Wildman–Crippen LogP) is 4.95. The van der Waals surface area contributed by atoms with Gasteiger partial charge in [-0.05, 0) is 49.2 Å². The lowest BCUT2D eigenvalue weighted by atomic mass is 10.0. The van der Waals surface area contributed by atoms with E-state index in [1.165, 1.54) is 0 Å². The molecule has 8 heteroatoms. The molecule has 32 heavy (non-hydrogen) atoms. The van der Waals surface area contributed by atoms with Gasteiger partial charge in [0.15, 0.2) is 11.6 Å². The molecule has 0 radical (unpaired) electrons. The van der Waals surface area contributed by atoms with Gasteiger partial charge in [0, 0.05) is 52.1 Å². The lowest BCUT2D eigenvalue weighted by Crippen LogP contribution is -2.31. The molecule has 4 rings (SSSR count). The Labute approximate surface area is 197 Å². The molecule has 0 aliphatic carbocycles. The number of nitrogens with zero attached hydrogens (tertiary/aromatic N) is 2. The highest BCUT2D eigenvalue weighted by atomic mass is 35.5. The number of halogens is 2. The Hall–Kier alpha value is -2.80. The third-order valence-electron chi connectivity index (χ3n) is 5.55. The minimum atomic E-state index is -0.442. The Morgan fingerprint density at radius 2 is 1.88 bits per heavy atom. The summed E-state index contributed by atoms with van der Waals surface area (Å²) in [5.74, 6) is 0.636. The van der Waals surface area contributed by atoms with Crippen LogP contribution in [0, 0.1) is 0 Å². The number of carbonyl (C=O) groups is 1. The van der Waals surface area contributed by atoms with Crippen LogP contribution in [-0.2, 0) is 0 Å². The number of nitrogens with two attached hydrogens (primary N) is 2. The summed E-state index contributed by atoms with van der Waals surface area (Å²) < 4.78 is 6.08. The fourth-order valence-electron chi connectivity index (χ4n) is 3.84. The fourth-order valence-corrected chi connectivity index (χ4v) is 4.55. The highest BCUT2D eigenvalue weighted by Gasteiger charge is 2.25. The first kappa shape index (κ1) is 22.4. The number of amides is 1. The number of nitrogen functional groups attached to an aromatic ring is 1. The van der Waals surface area contributed by atoms with Gasteiger partial charge < -0.3 is 21.1 Å². The Bertz CT molecular complexity index is 1130. The molecule has 1 aromatic heterocycles. The van der Waals surface area contributed by atoms with Crippen molar-refractivity contribution in [3.63, 3.8) is 0 Å². The van der Waals surface area contributed by atoms with Crippen molar-refractivity contribution >= 4 is 34.9 Å². The molecule has 3 aromatic rings. The molecule has 2 unspecified atom stereocenters. The first-order valence-corrected chi connectivity index (χ1v) is 11.1. The molecule has 2 aromatic carbocycles. The van der Waals surface area contributed by atoms with Crippen LogP contribution in [0.15, 0.2) is 54.7 Å². The van der Waals surface area contributed by atoms with Crippen LogP contribution in [0.5, 0.6) is 5.75 Å². The summed E-state index contributed by atoms with van der Waals surface area (Å²) in [4.78, 5) is 18.9. The monoisotopic (exact) mass is 470 g/mol. The minimum absolute atomic E-state index is 0.0262. The van der Waals surface area contributed by atoms with Gasteiger partial charge >= 0.3 is 0 Å². The van der Waals surface area contributed by atoms with E-state index in [1.807, 2.05) is 25.1 Å². The predicted molar refractivity (Wildman–Crippen MR) is 128 cm³/mol. The van der Waals surface area contributed by atoms with Gasteiger partial charge in [0.25, 0.3) is 5.91 Å². The number of aromatic nitrogens is 1. The van der Waals surface area contributed by atoms with E-state index < -0.39 is 6.10 Å². The third kappa shape index (κ3) is 4.67. The summed E-state index contributed by atoms with van der Waals surface area (Å²) in [6.07, 6.45) is 2.04. The van der Waals surface area contributed by atoms with E-state index in [-0.39, 0.29) is 17.8 Å². The van der Waals surface area contributed by atoms with Crippen molar-refractivity contribution in [3.05, 3.63) is 75.9 Å². The maximum Gasteiger partial charge on any atom is 0.253 e. The van der Waals surface area contributed by atoms with Crippen molar-refractivity contribution in [2.24, 2.45) is 5.73 Å². The topological polar surface area (TPSA) is 94.5 Å². The summed E-state index contributed by atoms with van der Waals surface area (Å²) in [6.45, 7) is 3.10. The quantitative estimate of drug-likeness (QED) is 0.549. The van der Waals surface area contributed by atoms with E-state index in [0.29, 0.717) is 40.0 Å². The lowest BCUT2D eigenvalue weighted by molar-refractivity contribution is 0.0791. The molecule has 2 atom stereocenters. The van der Waals surface area contributed by atoms with Gasteiger partial charge in [-0.3, -0.25) is 4.79 Å². The van der Waals surface area contributed by atoms with Crippen molar-refractivity contribution < 1.29 is 9.53 Å². The van der Waals surface area contributed by atoms with Gasteiger partial charge in [-0.1, -0.05) is 41.4 Å². The number of pyridine rings is 1. The van der Waals surface area contributed by atoms with E-state index in [0.717, 1.165) is 17.5 Å². The second kappa shape index (κ2) is 9.36. The van der Waals surface area contributed by atoms with Crippen molar-refractivity contribution in [2.75, 3.05) is 18.8 Å². The maximum absolute atomic E-state index is 12.8. The third-order valence-corrected chi connectivity index (χ3v) is 6.21. The molecule has 1 saturated heterocycles. The zero-order valence-corrected chi connectivity index (χ0v) is 19.1. The number of anilines is 1. The van der Waals surface area contributed by atoms with Crippen LogP contribution in [0.25, 0.3) is 11.1 Å². The standard InChI is InChI=1S/C24H24Cl2N4O2/c1-14(22-19(25)6-3-7-20(22)26)32-21-11-17(12-29-23(21)28)15-4-2-5-16(10-15)24(31)30-9-8-18(27)13-30/h2-7,10-12,14,18H,8-9,13,27H2,1H3,(H2,28,29). The smallest absolute Gasteiger partial charge is 0.253 e. The van der Waals surface area contributed by atoms with Crippen LogP contribution in [-0.4, -0.2) is 34.9 Å². The first-order chi connectivity index (χ1) is 15.3. The maximum atomic E-state index is 12.8. The highest BCUT2D eigenvalue weighted by molar-refractivity contribution is 6.36. The number of likely N-dealkylation sites (tertiary alicyclic amines) is 1. The van der Waals surface area contributed by atoms with Crippen molar-refractivity contribution in [1.82, 2.24) is 9.88 Å². The van der Waals surface area contributed by atoms with Crippen LogP contribution in [0.2, 0.25) is 10.0 Å². The van der Waals surface area contributed by atoms with E-state index in [2.05, 4.69) is 4.98 Å². The van der Waals surface area contributed by atoms with E-state index >= 15 is 0 Å². The molecular weight excluding hydrogens is 447 g/mol. The fraction of sp³-hybridized carbons (Fsp3) is 0.250. The van der Waals surface area contributed by atoms with E-state index in [9.17, 15) is 4.79 Å².